The Balaban J connectivity index is 1.82. The average Bonchev–Trinajstić information content (AvgIpc) is 2.98. The van der Waals surface area contributed by atoms with E-state index in [1.807, 2.05) is 37.3 Å². The third-order valence-electron chi connectivity index (χ3n) is 4.34. The SMILES string of the molecule is Cc1[nH]nc2cc(Nc3cccc4ccn(CC(=O)O)c(=O)c34)ccc12. The van der Waals surface area contributed by atoms with Gasteiger partial charge in [0.05, 0.1) is 16.6 Å². The maximum absolute atomic E-state index is 12.7. The van der Waals surface area contributed by atoms with E-state index in [1.54, 1.807) is 12.1 Å². The van der Waals surface area contributed by atoms with Crippen molar-refractivity contribution in [3.05, 3.63) is 64.7 Å². The molecule has 4 aromatic rings. The van der Waals surface area contributed by atoms with Crippen molar-refractivity contribution in [2.45, 2.75) is 13.5 Å². The van der Waals surface area contributed by atoms with E-state index >= 15 is 0 Å². The number of nitrogens with one attached hydrogen (secondary N) is 2. The van der Waals surface area contributed by atoms with Crippen molar-refractivity contribution in [2.24, 2.45) is 0 Å². The molecule has 0 aliphatic heterocycles. The van der Waals surface area contributed by atoms with Gasteiger partial charge in [0.2, 0.25) is 0 Å². The molecule has 4 rings (SSSR count). The Morgan fingerprint density at radius 1 is 1.27 bits per heavy atom. The molecule has 0 saturated carbocycles. The highest BCUT2D eigenvalue weighted by atomic mass is 16.4. The molecule has 0 radical (unpaired) electrons. The number of hydrogen-bond donors (Lipinski definition) is 3. The maximum atomic E-state index is 12.7. The second kappa shape index (κ2) is 6.03. The number of pyridine rings is 1. The summed E-state index contributed by atoms with van der Waals surface area (Å²) in [7, 11) is 0. The standard InChI is InChI=1S/C19H16N4O3/c1-11-14-6-5-13(9-16(14)22-21-11)20-15-4-2-3-12-7-8-23(10-17(24)25)19(26)18(12)15/h2-9,20H,10H2,1H3,(H,21,22)(H,24,25). The summed E-state index contributed by atoms with van der Waals surface area (Å²) in [5, 5.41) is 21.7. The largest absolute Gasteiger partial charge is 0.480 e. The van der Waals surface area contributed by atoms with E-state index in [1.165, 1.54) is 10.8 Å². The smallest absolute Gasteiger partial charge is 0.323 e. The van der Waals surface area contributed by atoms with Crippen LogP contribution in [-0.4, -0.2) is 25.8 Å². The van der Waals surface area contributed by atoms with Crippen molar-refractivity contribution in [2.75, 3.05) is 5.32 Å². The van der Waals surface area contributed by atoms with Crippen LogP contribution < -0.4 is 10.9 Å². The molecule has 0 saturated heterocycles. The molecule has 0 spiro atoms. The van der Waals surface area contributed by atoms with Crippen molar-refractivity contribution >= 4 is 39.0 Å². The topological polar surface area (TPSA) is 100 Å². The molecule has 2 heterocycles. The summed E-state index contributed by atoms with van der Waals surface area (Å²) < 4.78 is 1.19. The number of aromatic amines is 1. The highest BCUT2D eigenvalue weighted by Crippen LogP contribution is 2.26. The van der Waals surface area contributed by atoms with Gasteiger partial charge in [0, 0.05) is 23.0 Å². The van der Waals surface area contributed by atoms with Crippen LogP contribution in [0, 0.1) is 6.92 Å². The first-order chi connectivity index (χ1) is 12.5. The number of aromatic nitrogens is 3. The van der Waals surface area contributed by atoms with Gasteiger partial charge in [-0.05, 0) is 42.6 Å². The van der Waals surface area contributed by atoms with Crippen molar-refractivity contribution in [3.8, 4) is 0 Å². The number of benzene rings is 2. The summed E-state index contributed by atoms with van der Waals surface area (Å²) in [5.74, 6) is -1.06. The van der Waals surface area contributed by atoms with Crippen LogP contribution in [0.15, 0.2) is 53.5 Å². The van der Waals surface area contributed by atoms with E-state index in [0.717, 1.165) is 27.7 Å². The lowest BCUT2D eigenvalue weighted by molar-refractivity contribution is -0.137. The van der Waals surface area contributed by atoms with Crippen LogP contribution in [0.2, 0.25) is 0 Å². The molecule has 130 valence electrons. The molecule has 0 aliphatic carbocycles. The molecule has 7 heteroatoms. The van der Waals surface area contributed by atoms with Gasteiger partial charge in [-0.1, -0.05) is 12.1 Å². The molecule has 3 N–H and O–H groups in total. The van der Waals surface area contributed by atoms with Crippen molar-refractivity contribution in [1.29, 1.82) is 0 Å². The zero-order valence-corrected chi connectivity index (χ0v) is 14.0. The molecule has 26 heavy (non-hydrogen) atoms. The Hall–Kier alpha value is -3.61. The van der Waals surface area contributed by atoms with Gasteiger partial charge in [0.25, 0.3) is 5.56 Å². The van der Waals surface area contributed by atoms with E-state index in [9.17, 15) is 9.59 Å². The Labute approximate surface area is 147 Å². The molecule has 0 unspecified atom stereocenters. The average molecular weight is 348 g/mol. The third kappa shape index (κ3) is 2.69. The van der Waals surface area contributed by atoms with Crippen LogP contribution in [-0.2, 0) is 11.3 Å². The van der Waals surface area contributed by atoms with E-state index < -0.39 is 5.97 Å². The number of carboxylic acids is 1. The number of H-pyrrole nitrogens is 1. The first-order valence-corrected chi connectivity index (χ1v) is 8.08. The maximum Gasteiger partial charge on any atom is 0.323 e. The Kier molecular flexibility index (Phi) is 3.69. The number of anilines is 2. The minimum Gasteiger partial charge on any atom is -0.480 e. The number of nitrogens with zero attached hydrogens (tertiary/aromatic N) is 2. The summed E-state index contributed by atoms with van der Waals surface area (Å²) in [4.78, 5) is 23.7. The Morgan fingerprint density at radius 2 is 2.12 bits per heavy atom. The quantitative estimate of drug-likeness (QED) is 0.526. The van der Waals surface area contributed by atoms with Crippen LogP contribution in [0.3, 0.4) is 0 Å². The fraction of sp³-hybridized carbons (Fsp3) is 0.105. The number of aliphatic carboxylic acids is 1. The first kappa shape index (κ1) is 15.9. The number of rotatable bonds is 4. The molecule has 0 atom stereocenters. The van der Waals surface area contributed by atoms with Crippen LogP contribution in [0.25, 0.3) is 21.7 Å². The zero-order chi connectivity index (χ0) is 18.3. The zero-order valence-electron chi connectivity index (χ0n) is 14.0. The predicted octanol–water partition coefficient (Wildman–Crippen LogP) is 3.01. The van der Waals surface area contributed by atoms with E-state index in [0.29, 0.717) is 11.1 Å². The number of hydrogen-bond acceptors (Lipinski definition) is 4. The van der Waals surface area contributed by atoms with Crippen LogP contribution in [0.1, 0.15) is 5.69 Å². The lowest BCUT2D eigenvalue weighted by Crippen LogP contribution is -2.24. The van der Waals surface area contributed by atoms with Gasteiger partial charge in [-0.25, -0.2) is 0 Å². The lowest BCUT2D eigenvalue weighted by Gasteiger charge is -2.11. The predicted molar refractivity (Wildman–Crippen MR) is 100.0 cm³/mol. The number of aryl methyl sites for hydroxylation is 1. The van der Waals surface area contributed by atoms with E-state index in [-0.39, 0.29) is 12.1 Å². The summed E-state index contributed by atoms with van der Waals surface area (Å²) in [6.07, 6.45) is 1.50. The highest BCUT2D eigenvalue weighted by molar-refractivity contribution is 5.95. The van der Waals surface area contributed by atoms with E-state index in [4.69, 9.17) is 5.11 Å². The second-order valence-corrected chi connectivity index (χ2v) is 6.12. The van der Waals surface area contributed by atoms with Gasteiger partial charge in [0.15, 0.2) is 0 Å². The Bertz CT molecular complexity index is 1210. The van der Waals surface area contributed by atoms with Crippen molar-refractivity contribution < 1.29 is 9.90 Å². The highest BCUT2D eigenvalue weighted by Gasteiger charge is 2.11. The first-order valence-electron chi connectivity index (χ1n) is 8.08. The third-order valence-corrected chi connectivity index (χ3v) is 4.34. The second-order valence-electron chi connectivity index (χ2n) is 6.12. The summed E-state index contributed by atoms with van der Waals surface area (Å²) in [6, 6.07) is 13.0. The molecule has 2 aromatic heterocycles. The number of carboxylic acid groups (broad SMARTS) is 1. The molecule has 7 nitrogen and oxygen atoms in total. The molecule has 0 amide bonds. The normalized spacial score (nSPS) is 11.1. The fourth-order valence-corrected chi connectivity index (χ4v) is 3.08. The van der Waals surface area contributed by atoms with Gasteiger partial charge in [-0.2, -0.15) is 5.10 Å². The minimum absolute atomic E-state index is 0.343. The van der Waals surface area contributed by atoms with Gasteiger partial charge in [-0.15, -0.1) is 0 Å². The lowest BCUT2D eigenvalue weighted by atomic mass is 10.1. The summed E-state index contributed by atoms with van der Waals surface area (Å²) in [5.41, 5.74) is 2.90. The Morgan fingerprint density at radius 3 is 2.92 bits per heavy atom. The number of fused-ring (bicyclic) bond motifs is 2. The van der Waals surface area contributed by atoms with Gasteiger partial charge < -0.3 is 15.0 Å². The number of carbonyl (C=O) groups is 1. The molecule has 0 fully saturated rings. The minimum atomic E-state index is -1.06. The molecule has 2 aromatic carbocycles. The van der Waals surface area contributed by atoms with Gasteiger partial charge >= 0.3 is 5.97 Å². The molecular weight excluding hydrogens is 332 g/mol. The molecule has 0 bridgehead atoms. The van der Waals surface area contributed by atoms with Gasteiger partial charge in [0.1, 0.15) is 6.54 Å². The molecular formula is C19H16N4O3. The monoisotopic (exact) mass is 348 g/mol. The summed E-state index contributed by atoms with van der Waals surface area (Å²) in [6.45, 7) is 1.58. The fourth-order valence-electron chi connectivity index (χ4n) is 3.08. The molecule has 0 aliphatic rings. The van der Waals surface area contributed by atoms with Crippen molar-refractivity contribution in [1.82, 2.24) is 14.8 Å². The summed E-state index contributed by atoms with van der Waals surface area (Å²) >= 11 is 0. The van der Waals surface area contributed by atoms with Crippen LogP contribution in [0.5, 0.6) is 0 Å². The van der Waals surface area contributed by atoms with Crippen LogP contribution >= 0.6 is 0 Å². The van der Waals surface area contributed by atoms with Crippen molar-refractivity contribution in [3.63, 3.8) is 0 Å². The van der Waals surface area contributed by atoms with Gasteiger partial charge in [-0.3, -0.25) is 14.7 Å². The van der Waals surface area contributed by atoms with E-state index in [2.05, 4.69) is 15.5 Å². The van der Waals surface area contributed by atoms with Crippen LogP contribution in [0.4, 0.5) is 11.4 Å².